The molecule has 0 aliphatic heterocycles. The lowest BCUT2D eigenvalue weighted by Gasteiger charge is -2.01. The van der Waals surface area contributed by atoms with Crippen molar-refractivity contribution in [3.05, 3.63) is 30.4 Å². The van der Waals surface area contributed by atoms with E-state index in [0.29, 0.717) is 17.2 Å². The number of nitrogen functional groups attached to an aromatic ring is 1. The molecule has 0 saturated heterocycles. The molecule has 0 saturated carbocycles. The molecule has 0 aromatic carbocycles. The third kappa shape index (κ3) is 1.62. The molecular formula is C9H8N6. The van der Waals surface area contributed by atoms with Gasteiger partial charge in [0.25, 0.3) is 0 Å². The summed E-state index contributed by atoms with van der Waals surface area (Å²) in [4.78, 5) is 7.81. The second-order valence-corrected chi connectivity index (χ2v) is 2.87. The molecule has 0 bridgehead atoms. The minimum Gasteiger partial charge on any atom is -0.383 e. The van der Waals surface area contributed by atoms with Crippen molar-refractivity contribution >= 4 is 5.82 Å². The van der Waals surface area contributed by atoms with Crippen LogP contribution in [0, 0.1) is 11.3 Å². The van der Waals surface area contributed by atoms with Gasteiger partial charge in [-0.2, -0.15) is 15.0 Å². The van der Waals surface area contributed by atoms with E-state index in [2.05, 4.69) is 15.1 Å². The van der Waals surface area contributed by atoms with Crippen LogP contribution in [0.2, 0.25) is 0 Å². The summed E-state index contributed by atoms with van der Waals surface area (Å²) in [6.45, 7) is 0. The highest BCUT2D eigenvalue weighted by atomic mass is 15.3. The van der Waals surface area contributed by atoms with E-state index in [4.69, 9.17) is 11.0 Å². The van der Waals surface area contributed by atoms with Crippen LogP contribution < -0.4 is 5.73 Å². The van der Waals surface area contributed by atoms with E-state index in [9.17, 15) is 0 Å². The van der Waals surface area contributed by atoms with Gasteiger partial charge in [0.05, 0.1) is 18.7 Å². The van der Waals surface area contributed by atoms with Crippen LogP contribution in [0.4, 0.5) is 5.82 Å². The van der Waals surface area contributed by atoms with Crippen molar-refractivity contribution in [2.45, 2.75) is 6.42 Å². The molecule has 6 heteroatoms. The maximum Gasteiger partial charge on any atom is 0.159 e. The summed E-state index contributed by atoms with van der Waals surface area (Å²) in [7, 11) is 0. The first-order chi connectivity index (χ1) is 7.33. The molecule has 2 rings (SSSR count). The summed E-state index contributed by atoms with van der Waals surface area (Å²) >= 11 is 0. The van der Waals surface area contributed by atoms with E-state index in [1.165, 1.54) is 11.0 Å². The zero-order valence-corrected chi connectivity index (χ0v) is 7.83. The van der Waals surface area contributed by atoms with E-state index >= 15 is 0 Å². The molecule has 2 N–H and O–H groups in total. The van der Waals surface area contributed by atoms with Gasteiger partial charge in [-0.25, -0.2) is 9.97 Å². The maximum atomic E-state index is 8.56. The number of aromatic nitrogens is 4. The summed E-state index contributed by atoms with van der Waals surface area (Å²) in [6.07, 6.45) is 4.84. The van der Waals surface area contributed by atoms with Gasteiger partial charge < -0.3 is 5.73 Å². The highest BCUT2D eigenvalue weighted by molar-refractivity contribution is 5.45. The molecule has 0 aliphatic rings. The van der Waals surface area contributed by atoms with Crippen LogP contribution in [0.3, 0.4) is 0 Å². The van der Waals surface area contributed by atoms with E-state index in [1.807, 2.05) is 6.07 Å². The van der Waals surface area contributed by atoms with Crippen LogP contribution in [0.25, 0.3) is 5.82 Å². The summed E-state index contributed by atoms with van der Waals surface area (Å²) in [5.74, 6) is 1.03. The van der Waals surface area contributed by atoms with Crippen molar-refractivity contribution in [2.24, 2.45) is 0 Å². The van der Waals surface area contributed by atoms with Crippen LogP contribution in [-0.2, 0) is 6.42 Å². The van der Waals surface area contributed by atoms with Crippen LogP contribution in [-0.4, -0.2) is 19.7 Å². The third-order valence-corrected chi connectivity index (χ3v) is 1.94. The van der Waals surface area contributed by atoms with Crippen molar-refractivity contribution in [3.8, 4) is 11.9 Å². The average Bonchev–Trinajstić information content (AvgIpc) is 2.63. The van der Waals surface area contributed by atoms with Crippen LogP contribution >= 0.6 is 0 Å². The van der Waals surface area contributed by atoms with Gasteiger partial charge in [0, 0.05) is 17.8 Å². The molecule has 2 aromatic heterocycles. The second kappa shape index (κ2) is 3.75. The van der Waals surface area contributed by atoms with E-state index in [1.54, 1.807) is 18.5 Å². The minimum atomic E-state index is 0.247. The smallest absolute Gasteiger partial charge is 0.159 e. The molecule has 0 radical (unpaired) electrons. The van der Waals surface area contributed by atoms with Crippen LogP contribution in [0.5, 0.6) is 0 Å². The fourth-order valence-electron chi connectivity index (χ4n) is 1.20. The molecule has 0 fully saturated rings. The van der Waals surface area contributed by atoms with Gasteiger partial charge in [0.15, 0.2) is 5.82 Å². The fraction of sp³-hybridized carbons (Fsp3) is 0.111. The molecule has 0 spiro atoms. The minimum absolute atomic E-state index is 0.247. The van der Waals surface area contributed by atoms with Gasteiger partial charge in [-0.05, 0) is 0 Å². The second-order valence-electron chi connectivity index (χ2n) is 2.87. The summed E-state index contributed by atoms with van der Waals surface area (Å²) in [5, 5.41) is 12.6. The standard InChI is InChI=1S/C9H8N6/c10-3-1-7-5-14-15(9(7)11)8-2-4-12-6-13-8/h2,4-6H,1,11H2. The summed E-state index contributed by atoms with van der Waals surface area (Å²) in [5.41, 5.74) is 6.52. The third-order valence-electron chi connectivity index (χ3n) is 1.94. The predicted octanol–water partition coefficient (Wildman–Crippen LogP) is 0.311. The maximum absolute atomic E-state index is 8.56. The van der Waals surface area contributed by atoms with Gasteiger partial charge >= 0.3 is 0 Å². The Labute approximate surface area is 86.0 Å². The number of rotatable bonds is 2. The molecule has 0 amide bonds. The zero-order valence-electron chi connectivity index (χ0n) is 7.83. The van der Waals surface area contributed by atoms with Gasteiger partial charge in [-0.15, -0.1) is 0 Å². The number of hydrogen-bond acceptors (Lipinski definition) is 5. The predicted molar refractivity (Wildman–Crippen MR) is 52.9 cm³/mol. The van der Waals surface area contributed by atoms with E-state index in [0.717, 1.165) is 0 Å². The van der Waals surface area contributed by atoms with Crippen molar-refractivity contribution in [3.63, 3.8) is 0 Å². The quantitative estimate of drug-likeness (QED) is 0.752. The lowest BCUT2D eigenvalue weighted by atomic mass is 10.2. The highest BCUT2D eigenvalue weighted by Gasteiger charge is 2.08. The lowest BCUT2D eigenvalue weighted by molar-refractivity contribution is 0.849. The van der Waals surface area contributed by atoms with Gasteiger partial charge in [0.1, 0.15) is 12.1 Å². The Hall–Kier alpha value is -2.42. The Morgan fingerprint density at radius 2 is 2.40 bits per heavy atom. The SMILES string of the molecule is N#CCc1cnn(-c2ccncn2)c1N. The molecule has 74 valence electrons. The molecular weight excluding hydrogens is 192 g/mol. The monoisotopic (exact) mass is 200 g/mol. The largest absolute Gasteiger partial charge is 0.383 e. The molecule has 6 nitrogen and oxygen atoms in total. The van der Waals surface area contributed by atoms with Gasteiger partial charge in [-0.3, -0.25) is 0 Å². The van der Waals surface area contributed by atoms with Crippen LogP contribution in [0.15, 0.2) is 24.8 Å². The Balaban J connectivity index is 2.43. The Morgan fingerprint density at radius 3 is 3.07 bits per heavy atom. The van der Waals surface area contributed by atoms with E-state index < -0.39 is 0 Å². The number of nitriles is 1. The molecule has 0 aliphatic carbocycles. The lowest BCUT2D eigenvalue weighted by Crippen LogP contribution is -2.04. The molecule has 2 heterocycles. The number of anilines is 1. The summed E-state index contributed by atoms with van der Waals surface area (Å²) in [6, 6.07) is 3.72. The molecule has 2 aromatic rings. The van der Waals surface area contributed by atoms with Gasteiger partial charge in [-0.1, -0.05) is 0 Å². The number of nitrogens with two attached hydrogens (primary N) is 1. The Morgan fingerprint density at radius 1 is 1.53 bits per heavy atom. The Bertz CT molecular complexity index is 495. The average molecular weight is 200 g/mol. The first-order valence-corrected chi connectivity index (χ1v) is 4.28. The van der Waals surface area contributed by atoms with Gasteiger partial charge in [0.2, 0.25) is 0 Å². The molecule has 15 heavy (non-hydrogen) atoms. The fourth-order valence-corrected chi connectivity index (χ4v) is 1.20. The van der Waals surface area contributed by atoms with Crippen molar-refractivity contribution in [1.29, 1.82) is 5.26 Å². The first kappa shape index (κ1) is 9.15. The number of nitrogens with zero attached hydrogens (tertiary/aromatic N) is 5. The van der Waals surface area contributed by atoms with Crippen molar-refractivity contribution in [2.75, 3.05) is 5.73 Å². The van der Waals surface area contributed by atoms with Crippen molar-refractivity contribution < 1.29 is 0 Å². The molecule has 0 unspecified atom stereocenters. The topological polar surface area (TPSA) is 93.4 Å². The van der Waals surface area contributed by atoms with Crippen molar-refractivity contribution in [1.82, 2.24) is 19.7 Å². The number of hydrogen-bond donors (Lipinski definition) is 1. The normalized spacial score (nSPS) is 9.80. The Kier molecular flexibility index (Phi) is 2.29. The highest BCUT2D eigenvalue weighted by Crippen LogP contribution is 2.14. The molecule has 0 atom stereocenters. The van der Waals surface area contributed by atoms with Crippen LogP contribution in [0.1, 0.15) is 5.56 Å². The summed E-state index contributed by atoms with van der Waals surface area (Å²) < 4.78 is 1.48. The first-order valence-electron chi connectivity index (χ1n) is 4.28. The van der Waals surface area contributed by atoms with E-state index in [-0.39, 0.29) is 6.42 Å². The zero-order chi connectivity index (χ0) is 10.7.